The molecule has 0 radical (unpaired) electrons. The molecule has 1 fully saturated rings. The highest BCUT2D eigenvalue weighted by atomic mass is 32.2. The molecular weight excluding hydrogens is 437 g/mol. The molecule has 0 atom stereocenters. The average molecular weight is 464 g/mol. The van der Waals surface area contributed by atoms with E-state index in [0.717, 1.165) is 66.3 Å². The zero-order chi connectivity index (χ0) is 22.6. The van der Waals surface area contributed by atoms with Crippen LogP contribution in [0.25, 0.3) is 21.7 Å². The van der Waals surface area contributed by atoms with E-state index in [-0.39, 0.29) is 5.82 Å². The molecule has 3 aromatic carbocycles. The Morgan fingerprint density at radius 2 is 1.79 bits per heavy atom. The highest BCUT2D eigenvalue weighted by Gasteiger charge is 2.35. The molecule has 0 unspecified atom stereocenters. The lowest BCUT2D eigenvalue weighted by Crippen LogP contribution is -2.41. The van der Waals surface area contributed by atoms with E-state index in [1.165, 1.54) is 11.6 Å². The van der Waals surface area contributed by atoms with E-state index in [2.05, 4.69) is 9.88 Å². The molecule has 2 aliphatic heterocycles. The van der Waals surface area contributed by atoms with E-state index in [0.29, 0.717) is 17.4 Å². The third-order valence-corrected chi connectivity index (χ3v) is 9.10. The summed E-state index contributed by atoms with van der Waals surface area (Å²) in [5, 5.41) is 2.92. The SMILES string of the molecule is O=S1(=O)c2cccc3cccc(c23)N1CCN1CCC(Cc2c[nH]c3cc(F)ccc23)CC1. The summed E-state index contributed by atoms with van der Waals surface area (Å²) in [5.74, 6) is 0.363. The second kappa shape index (κ2) is 7.85. The molecule has 0 aliphatic carbocycles. The predicted octanol–water partition coefficient (Wildman–Crippen LogP) is 4.92. The van der Waals surface area contributed by atoms with Gasteiger partial charge in [-0.05, 0) is 79.6 Å². The Kier molecular flexibility index (Phi) is 4.92. The minimum absolute atomic E-state index is 0.219. The van der Waals surface area contributed by atoms with Crippen LogP contribution in [0.5, 0.6) is 0 Å². The standard InChI is InChI=1S/C26H26FN3O2S/c27-21-7-8-22-20(17-28-23(22)16-21)15-18-9-11-29(12-10-18)13-14-30-24-5-1-3-19-4-2-6-25(26(19)24)33(30,31)32/h1-8,16-18,28H,9-15H2. The summed E-state index contributed by atoms with van der Waals surface area (Å²) in [7, 11) is -3.49. The fourth-order valence-corrected chi connectivity index (χ4v) is 7.19. The van der Waals surface area contributed by atoms with Gasteiger partial charge in [0.05, 0.1) is 10.6 Å². The lowest BCUT2D eigenvalue weighted by atomic mass is 9.90. The molecule has 0 bridgehead atoms. The largest absolute Gasteiger partial charge is 0.361 e. The molecule has 4 aromatic rings. The third kappa shape index (κ3) is 3.50. The second-order valence-electron chi connectivity index (χ2n) is 9.20. The van der Waals surface area contributed by atoms with Crippen molar-refractivity contribution in [2.45, 2.75) is 24.2 Å². The molecule has 0 amide bonds. The topological polar surface area (TPSA) is 56.4 Å². The van der Waals surface area contributed by atoms with E-state index in [1.807, 2.05) is 42.6 Å². The number of hydrogen-bond acceptors (Lipinski definition) is 3. The van der Waals surface area contributed by atoms with Crippen molar-refractivity contribution >= 4 is 37.4 Å². The molecule has 3 heterocycles. The number of likely N-dealkylation sites (tertiary alicyclic amines) is 1. The normalized spacial score (nSPS) is 18.5. The van der Waals surface area contributed by atoms with Crippen molar-refractivity contribution in [3.8, 4) is 0 Å². The fraction of sp³-hybridized carbons (Fsp3) is 0.308. The van der Waals surface area contributed by atoms with Gasteiger partial charge < -0.3 is 9.88 Å². The van der Waals surface area contributed by atoms with Gasteiger partial charge in [0.2, 0.25) is 0 Å². The van der Waals surface area contributed by atoms with Crippen LogP contribution in [0.1, 0.15) is 18.4 Å². The summed E-state index contributed by atoms with van der Waals surface area (Å²) in [5.41, 5.74) is 2.90. The van der Waals surface area contributed by atoms with E-state index in [4.69, 9.17) is 0 Å². The van der Waals surface area contributed by atoms with Crippen LogP contribution in [0, 0.1) is 11.7 Å². The van der Waals surface area contributed by atoms with Crippen LogP contribution >= 0.6 is 0 Å². The number of fused-ring (bicyclic) bond motifs is 1. The van der Waals surface area contributed by atoms with Gasteiger partial charge >= 0.3 is 0 Å². The maximum absolute atomic E-state index is 13.5. The van der Waals surface area contributed by atoms with E-state index < -0.39 is 10.0 Å². The van der Waals surface area contributed by atoms with Crippen molar-refractivity contribution in [2.75, 3.05) is 30.5 Å². The molecule has 0 spiro atoms. The summed E-state index contributed by atoms with van der Waals surface area (Å²) in [6.45, 7) is 3.12. The first kappa shape index (κ1) is 20.7. The highest BCUT2D eigenvalue weighted by Crippen LogP contribution is 2.41. The van der Waals surface area contributed by atoms with Crippen LogP contribution in [-0.4, -0.2) is 44.5 Å². The number of aromatic amines is 1. The van der Waals surface area contributed by atoms with Crippen molar-refractivity contribution in [3.05, 3.63) is 72.2 Å². The first-order valence-electron chi connectivity index (χ1n) is 11.5. The molecule has 33 heavy (non-hydrogen) atoms. The molecule has 1 saturated heterocycles. The molecule has 1 N–H and O–H groups in total. The first-order chi connectivity index (χ1) is 16.0. The molecule has 170 valence electrons. The number of sulfonamides is 1. The Bertz CT molecular complexity index is 1450. The van der Waals surface area contributed by atoms with Gasteiger partial charge in [-0.15, -0.1) is 0 Å². The lowest BCUT2D eigenvalue weighted by molar-refractivity contribution is 0.189. The number of anilines is 1. The number of halogens is 1. The number of hydrogen-bond donors (Lipinski definition) is 1. The Hall–Kier alpha value is -2.90. The fourth-order valence-electron chi connectivity index (χ4n) is 5.48. The van der Waals surface area contributed by atoms with Crippen molar-refractivity contribution in [3.63, 3.8) is 0 Å². The van der Waals surface area contributed by atoms with Crippen molar-refractivity contribution in [1.29, 1.82) is 0 Å². The van der Waals surface area contributed by atoms with Crippen LogP contribution in [-0.2, 0) is 16.4 Å². The average Bonchev–Trinajstić information content (AvgIpc) is 3.30. The molecule has 0 saturated carbocycles. The van der Waals surface area contributed by atoms with Crippen LogP contribution in [0.15, 0.2) is 65.7 Å². The molecule has 2 aliphatic rings. The van der Waals surface area contributed by atoms with Gasteiger partial charge in [0, 0.05) is 35.6 Å². The van der Waals surface area contributed by atoms with Crippen LogP contribution in [0.3, 0.4) is 0 Å². The highest BCUT2D eigenvalue weighted by molar-refractivity contribution is 7.93. The van der Waals surface area contributed by atoms with Crippen molar-refractivity contribution in [1.82, 2.24) is 9.88 Å². The zero-order valence-corrected chi connectivity index (χ0v) is 19.1. The van der Waals surface area contributed by atoms with Gasteiger partial charge in [-0.3, -0.25) is 4.31 Å². The Labute approximate surface area is 192 Å². The quantitative estimate of drug-likeness (QED) is 0.457. The Balaban J connectivity index is 1.10. The summed E-state index contributed by atoms with van der Waals surface area (Å²) < 4.78 is 41.4. The van der Waals surface area contributed by atoms with Gasteiger partial charge in [0.25, 0.3) is 10.0 Å². The van der Waals surface area contributed by atoms with Gasteiger partial charge in [-0.2, -0.15) is 0 Å². The Morgan fingerprint density at radius 1 is 1.00 bits per heavy atom. The van der Waals surface area contributed by atoms with Gasteiger partial charge in [-0.25, -0.2) is 12.8 Å². The zero-order valence-electron chi connectivity index (χ0n) is 18.3. The smallest absolute Gasteiger partial charge is 0.265 e. The number of rotatable bonds is 5. The van der Waals surface area contributed by atoms with Gasteiger partial charge in [0.15, 0.2) is 0 Å². The molecule has 7 heteroatoms. The van der Waals surface area contributed by atoms with Crippen molar-refractivity contribution in [2.24, 2.45) is 5.92 Å². The van der Waals surface area contributed by atoms with E-state index >= 15 is 0 Å². The summed E-state index contributed by atoms with van der Waals surface area (Å²) in [6.07, 6.45) is 5.15. The van der Waals surface area contributed by atoms with Crippen LogP contribution < -0.4 is 4.31 Å². The number of nitrogens with zero attached hydrogens (tertiary/aromatic N) is 2. The molecule has 6 rings (SSSR count). The lowest BCUT2D eigenvalue weighted by Gasteiger charge is -2.33. The number of aromatic nitrogens is 1. The number of nitrogens with one attached hydrogen (secondary N) is 1. The Morgan fingerprint density at radius 3 is 2.61 bits per heavy atom. The minimum Gasteiger partial charge on any atom is -0.361 e. The maximum Gasteiger partial charge on any atom is 0.265 e. The summed E-state index contributed by atoms with van der Waals surface area (Å²) >= 11 is 0. The predicted molar refractivity (Wildman–Crippen MR) is 130 cm³/mol. The van der Waals surface area contributed by atoms with Crippen LogP contribution in [0.2, 0.25) is 0 Å². The third-order valence-electron chi connectivity index (χ3n) is 7.25. The van der Waals surface area contributed by atoms with Crippen molar-refractivity contribution < 1.29 is 12.8 Å². The molecule has 1 aromatic heterocycles. The monoisotopic (exact) mass is 463 g/mol. The summed E-state index contributed by atoms with van der Waals surface area (Å²) in [4.78, 5) is 5.99. The summed E-state index contributed by atoms with van der Waals surface area (Å²) in [6, 6.07) is 16.2. The number of H-pyrrole nitrogens is 1. The number of piperidine rings is 1. The maximum atomic E-state index is 13.5. The van der Waals surface area contributed by atoms with E-state index in [1.54, 1.807) is 16.4 Å². The second-order valence-corrected chi connectivity index (χ2v) is 11.0. The minimum atomic E-state index is -3.49. The van der Waals surface area contributed by atoms with Gasteiger partial charge in [-0.1, -0.05) is 24.3 Å². The number of benzene rings is 3. The van der Waals surface area contributed by atoms with Crippen LogP contribution in [0.4, 0.5) is 10.1 Å². The molecular formula is C26H26FN3O2S. The molecule has 5 nitrogen and oxygen atoms in total. The first-order valence-corrected chi connectivity index (χ1v) is 13.0. The van der Waals surface area contributed by atoms with E-state index in [9.17, 15) is 12.8 Å². The van der Waals surface area contributed by atoms with Gasteiger partial charge in [0.1, 0.15) is 5.82 Å².